The van der Waals surface area contributed by atoms with Crippen molar-refractivity contribution < 1.29 is 28.3 Å². The van der Waals surface area contributed by atoms with Gasteiger partial charge in [0, 0.05) is 29.5 Å². The number of hydrogen-bond donors (Lipinski definition) is 0. The largest absolute Gasteiger partial charge is 0.497 e. The molecule has 5 rings (SSSR count). The SMILES string of the molecule is COc1ccc(-c2oc(/N=C/c3cc(Br)c(OCc4ccc([N+](=O)[O-])cc4)c(OC)c3)c(C#N)c2-c2ccc(OC)cc2)cc1. The maximum Gasteiger partial charge on any atom is 0.269 e. The summed E-state index contributed by atoms with van der Waals surface area (Å²) in [7, 11) is 4.70. The molecule has 0 saturated heterocycles. The number of hydrogen-bond acceptors (Lipinski definition) is 9. The minimum Gasteiger partial charge on any atom is -0.497 e. The highest BCUT2D eigenvalue weighted by atomic mass is 79.9. The lowest BCUT2D eigenvalue weighted by Gasteiger charge is -2.13. The van der Waals surface area contributed by atoms with Gasteiger partial charge in [-0.25, -0.2) is 4.99 Å². The molecule has 0 aliphatic heterocycles. The molecule has 0 spiro atoms. The Morgan fingerprint density at radius 2 is 1.53 bits per heavy atom. The molecule has 11 heteroatoms. The fourth-order valence-corrected chi connectivity index (χ4v) is 5.12. The molecule has 226 valence electrons. The number of methoxy groups -OCH3 is 3. The van der Waals surface area contributed by atoms with E-state index >= 15 is 0 Å². The van der Waals surface area contributed by atoms with Crippen molar-refractivity contribution >= 4 is 33.7 Å². The number of furan rings is 1. The minimum absolute atomic E-state index is 0.00417. The summed E-state index contributed by atoms with van der Waals surface area (Å²) in [4.78, 5) is 15.1. The lowest BCUT2D eigenvalue weighted by Crippen LogP contribution is -2.00. The number of nitriles is 1. The maximum atomic E-state index is 10.9. The van der Waals surface area contributed by atoms with Crippen LogP contribution in [0.1, 0.15) is 16.7 Å². The summed E-state index contributed by atoms with van der Waals surface area (Å²) < 4.78 is 29.0. The summed E-state index contributed by atoms with van der Waals surface area (Å²) in [6, 6.07) is 26.6. The van der Waals surface area contributed by atoms with Gasteiger partial charge in [0.1, 0.15) is 35.5 Å². The lowest BCUT2D eigenvalue weighted by molar-refractivity contribution is -0.384. The Bertz CT molecular complexity index is 1890. The molecule has 0 saturated carbocycles. The lowest BCUT2D eigenvalue weighted by atomic mass is 9.98. The van der Waals surface area contributed by atoms with Gasteiger partial charge in [0.05, 0.1) is 30.7 Å². The minimum atomic E-state index is -0.452. The first-order chi connectivity index (χ1) is 21.8. The van der Waals surface area contributed by atoms with Gasteiger partial charge in [0.2, 0.25) is 5.88 Å². The molecule has 0 unspecified atom stereocenters. The monoisotopic (exact) mass is 667 g/mol. The van der Waals surface area contributed by atoms with Crippen molar-refractivity contribution in [2.45, 2.75) is 6.61 Å². The predicted octanol–water partition coefficient (Wildman–Crippen LogP) is 8.51. The van der Waals surface area contributed by atoms with Gasteiger partial charge in [-0.1, -0.05) is 12.1 Å². The molecule has 0 radical (unpaired) electrons. The first kappa shape index (κ1) is 30.8. The highest BCUT2D eigenvalue weighted by Crippen LogP contribution is 2.43. The van der Waals surface area contributed by atoms with Crippen LogP contribution >= 0.6 is 15.9 Å². The molecule has 0 fully saturated rings. The van der Waals surface area contributed by atoms with Crippen molar-refractivity contribution in [1.29, 1.82) is 5.26 Å². The molecule has 1 aromatic heterocycles. The first-order valence-corrected chi connectivity index (χ1v) is 14.3. The van der Waals surface area contributed by atoms with Crippen molar-refractivity contribution in [2.75, 3.05) is 21.3 Å². The van der Waals surface area contributed by atoms with Crippen LogP contribution in [0.25, 0.3) is 22.5 Å². The highest BCUT2D eigenvalue weighted by molar-refractivity contribution is 9.10. The predicted molar refractivity (Wildman–Crippen MR) is 173 cm³/mol. The quantitative estimate of drug-likeness (QED) is 0.0778. The maximum absolute atomic E-state index is 10.9. The van der Waals surface area contributed by atoms with Crippen LogP contribution < -0.4 is 18.9 Å². The van der Waals surface area contributed by atoms with Crippen LogP contribution in [-0.2, 0) is 6.61 Å². The Morgan fingerprint density at radius 3 is 2.09 bits per heavy atom. The van der Waals surface area contributed by atoms with E-state index in [9.17, 15) is 15.4 Å². The molecular formula is C34H26BrN3O7. The van der Waals surface area contributed by atoms with Crippen LogP contribution in [0.4, 0.5) is 11.6 Å². The molecular weight excluding hydrogens is 642 g/mol. The summed E-state index contributed by atoms with van der Waals surface area (Å²) in [5.74, 6) is 2.89. The van der Waals surface area contributed by atoms with Gasteiger partial charge in [-0.2, -0.15) is 5.26 Å². The van der Waals surface area contributed by atoms with Gasteiger partial charge in [-0.15, -0.1) is 0 Å². The second kappa shape index (κ2) is 13.8. The molecule has 4 aromatic carbocycles. The fraction of sp³-hybridized carbons (Fsp3) is 0.118. The second-order valence-corrected chi connectivity index (χ2v) is 10.4. The van der Waals surface area contributed by atoms with Crippen molar-refractivity contribution in [3.8, 4) is 51.5 Å². The number of nitrogens with zero attached hydrogens (tertiary/aromatic N) is 3. The Kier molecular flexibility index (Phi) is 9.46. The number of rotatable bonds is 11. The van der Waals surface area contributed by atoms with Crippen LogP contribution in [0.2, 0.25) is 0 Å². The zero-order chi connectivity index (χ0) is 31.9. The van der Waals surface area contributed by atoms with Crippen LogP contribution in [0.3, 0.4) is 0 Å². The standard InChI is InChI=1S/C34H26BrN3O7/c1-41-26-12-6-23(7-13-26)31-28(18-36)34(45-32(31)24-8-14-27(42-2)15-9-24)37-19-22-16-29(35)33(30(17-22)43-3)44-20-21-4-10-25(11-5-21)38(39)40/h4-17,19H,20H2,1-3H3/b37-19+. The number of aliphatic imine (C=N–C) groups is 1. The van der Waals surface area contributed by atoms with Crippen molar-refractivity contribution in [2.24, 2.45) is 4.99 Å². The van der Waals surface area contributed by atoms with Gasteiger partial charge < -0.3 is 23.4 Å². The normalized spacial score (nSPS) is 10.8. The van der Waals surface area contributed by atoms with Crippen LogP contribution in [0.5, 0.6) is 23.0 Å². The third-order valence-corrected chi connectivity index (χ3v) is 7.43. The van der Waals surface area contributed by atoms with Crippen LogP contribution in [0.15, 0.2) is 98.8 Å². The molecule has 45 heavy (non-hydrogen) atoms. The van der Waals surface area contributed by atoms with E-state index in [1.54, 1.807) is 44.7 Å². The smallest absolute Gasteiger partial charge is 0.269 e. The number of nitro benzene ring substituents is 1. The molecule has 5 aromatic rings. The van der Waals surface area contributed by atoms with Gasteiger partial charge >= 0.3 is 0 Å². The van der Waals surface area contributed by atoms with E-state index in [-0.39, 0.29) is 23.7 Å². The van der Waals surface area contributed by atoms with E-state index in [1.165, 1.54) is 19.2 Å². The Morgan fingerprint density at radius 1 is 0.911 bits per heavy atom. The van der Waals surface area contributed by atoms with Gasteiger partial charge in [-0.3, -0.25) is 10.1 Å². The topological polar surface area (TPSA) is 129 Å². The zero-order valence-electron chi connectivity index (χ0n) is 24.4. The number of ether oxygens (including phenoxy) is 4. The van der Waals surface area contributed by atoms with E-state index in [1.807, 2.05) is 48.5 Å². The Labute approximate surface area is 267 Å². The molecule has 1 heterocycles. The molecule has 0 aliphatic carbocycles. The van der Waals surface area contributed by atoms with E-state index in [0.717, 1.165) is 16.7 Å². The molecule has 0 aliphatic rings. The average molecular weight is 669 g/mol. The molecule has 0 atom stereocenters. The number of halogens is 1. The number of non-ortho nitro benzene ring substituents is 1. The van der Waals surface area contributed by atoms with E-state index in [0.29, 0.717) is 44.4 Å². The fourth-order valence-electron chi connectivity index (χ4n) is 4.55. The highest BCUT2D eigenvalue weighted by Gasteiger charge is 2.23. The summed E-state index contributed by atoms with van der Waals surface area (Å²) in [6.07, 6.45) is 1.57. The van der Waals surface area contributed by atoms with Crippen LogP contribution in [0, 0.1) is 21.4 Å². The zero-order valence-corrected chi connectivity index (χ0v) is 26.0. The molecule has 0 amide bonds. The van der Waals surface area contributed by atoms with E-state index in [4.69, 9.17) is 23.4 Å². The van der Waals surface area contributed by atoms with Crippen LogP contribution in [-0.4, -0.2) is 32.5 Å². The summed E-state index contributed by atoms with van der Waals surface area (Å²) in [6.45, 7) is 0.167. The van der Waals surface area contributed by atoms with Crippen molar-refractivity contribution in [3.63, 3.8) is 0 Å². The van der Waals surface area contributed by atoms with Gasteiger partial charge in [0.25, 0.3) is 5.69 Å². The third kappa shape index (κ3) is 6.82. The third-order valence-electron chi connectivity index (χ3n) is 6.85. The van der Waals surface area contributed by atoms with Gasteiger partial charge in [0.15, 0.2) is 11.5 Å². The van der Waals surface area contributed by atoms with Crippen molar-refractivity contribution in [3.05, 3.63) is 116 Å². The van der Waals surface area contributed by atoms with E-state index in [2.05, 4.69) is 27.0 Å². The second-order valence-electron chi connectivity index (χ2n) is 9.56. The average Bonchev–Trinajstić information content (AvgIpc) is 3.45. The van der Waals surface area contributed by atoms with Crippen molar-refractivity contribution in [1.82, 2.24) is 0 Å². The number of benzene rings is 4. The summed E-state index contributed by atoms with van der Waals surface area (Å²) in [5.41, 5.74) is 3.80. The molecule has 10 nitrogen and oxygen atoms in total. The first-order valence-electron chi connectivity index (χ1n) is 13.5. The molecule has 0 N–H and O–H groups in total. The molecule has 0 bridgehead atoms. The Balaban J connectivity index is 1.48. The van der Waals surface area contributed by atoms with E-state index < -0.39 is 4.92 Å². The number of nitro groups is 1. The summed E-state index contributed by atoms with van der Waals surface area (Å²) in [5, 5.41) is 21.2. The Hall–Kier alpha value is -5.60. The summed E-state index contributed by atoms with van der Waals surface area (Å²) >= 11 is 3.55. The van der Waals surface area contributed by atoms with Gasteiger partial charge in [-0.05, 0) is 93.3 Å².